The van der Waals surface area contributed by atoms with E-state index in [1.807, 2.05) is 6.07 Å². The Labute approximate surface area is 127 Å². The minimum Gasteiger partial charge on any atom is -0.493 e. The molecule has 2 aromatic rings. The number of hydrogen-bond acceptors (Lipinski definition) is 6. The molecular weight excluding hydrogens is 286 g/mol. The first-order chi connectivity index (χ1) is 10.2. The molecule has 0 amide bonds. The van der Waals surface area contributed by atoms with E-state index in [-0.39, 0.29) is 18.2 Å². The van der Waals surface area contributed by atoms with Crippen molar-refractivity contribution in [1.82, 2.24) is 4.98 Å². The van der Waals surface area contributed by atoms with Gasteiger partial charge in [-0.3, -0.25) is 0 Å². The molecule has 2 aliphatic rings. The van der Waals surface area contributed by atoms with Crippen LogP contribution >= 0.6 is 11.3 Å². The van der Waals surface area contributed by atoms with E-state index in [2.05, 4.69) is 18.3 Å². The van der Waals surface area contributed by atoms with Crippen molar-refractivity contribution in [3.05, 3.63) is 17.7 Å². The first-order valence-corrected chi connectivity index (χ1v) is 8.21. The van der Waals surface area contributed by atoms with Crippen molar-refractivity contribution in [3.63, 3.8) is 0 Å². The second kappa shape index (κ2) is 5.12. The molecule has 3 heterocycles. The van der Waals surface area contributed by atoms with E-state index < -0.39 is 0 Å². The van der Waals surface area contributed by atoms with Crippen molar-refractivity contribution < 1.29 is 9.47 Å². The third-order valence-electron chi connectivity index (χ3n) is 4.22. The third kappa shape index (κ3) is 2.37. The van der Waals surface area contributed by atoms with Crippen LogP contribution in [0.25, 0.3) is 10.2 Å². The monoisotopic (exact) mass is 305 g/mol. The van der Waals surface area contributed by atoms with Crippen LogP contribution in [0.15, 0.2) is 12.1 Å². The molecule has 0 bridgehead atoms. The average Bonchev–Trinajstić information content (AvgIpc) is 3.06. The van der Waals surface area contributed by atoms with E-state index in [0.717, 1.165) is 35.8 Å². The lowest BCUT2D eigenvalue weighted by Gasteiger charge is -2.32. The van der Waals surface area contributed by atoms with Gasteiger partial charge in [-0.05, 0) is 25.5 Å². The molecule has 2 aliphatic heterocycles. The first kappa shape index (κ1) is 13.3. The zero-order chi connectivity index (χ0) is 14.4. The predicted molar refractivity (Wildman–Crippen MR) is 84.2 cm³/mol. The molecule has 1 aromatic carbocycles. The van der Waals surface area contributed by atoms with Crippen LogP contribution in [0.5, 0.6) is 5.75 Å². The molecule has 0 unspecified atom stereocenters. The summed E-state index contributed by atoms with van der Waals surface area (Å²) < 4.78 is 12.5. The van der Waals surface area contributed by atoms with Crippen molar-refractivity contribution in [2.24, 2.45) is 5.73 Å². The molecule has 1 aromatic heterocycles. The van der Waals surface area contributed by atoms with E-state index >= 15 is 0 Å². The SMILES string of the molecule is C[C@H]1C[C@@H](N)[C@@H](Nc2nc3c4c(ccc3s2)OCC4)CO1. The Hall–Kier alpha value is -1.37. The number of nitrogens with one attached hydrogen (secondary N) is 1. The molecular formula is C15H19N3O2S. The van der Waals surface area contributed by atoms with Crippen LogP contribution in [0.4, 0.5) is 5.13 Å². The fraction of sp³-hybridized carbons (Fsp3) is 0.533. The number of nitrogens with zero attached hydrogens (tertiary/aromatic N) is 1. The second-order valence-corrected chi connectivity index (χ2v) is 6.83. The minimum atomic E-state index is 0.106. The Bertz CT molecular complexity index is 672. The Morgan fingerprint density at radius 2 is 2.33 bits per heavy atom. The van der Waals surface area contributed by atoms with Gasteiger partial charge in [0.2, 0.25) is 0 Å². The Balaban J connectivity index is 1.60. The van der Waals surface area contributed by atoms with Gasteiger partial charge < -0.3 is 20.5 Å². The van der Waals surface area contributed by atoms with E-state index in [9.17, 15) is 0 Å². The molecule has 0 saturated carbocycles. The quantitative estimate of drug-likeness (QED) is 0.889. The molecule has 21 heavy (non-hydrogen) atoms. The molecule has 1 fully saturated rings. The smallest absolute Gasteiger partial charge is 0.184 e. The van der Waals surface area contributed by atoms with Crippen LogP contribution in [0, 0.1) is 0 Å². The number of thiazole rings is 1. The number of anilines is 1. The molecule has 0 spiro atoms. The zero-order valence-electron chi connectivity index (χ0n) is 12.0. The topological polar surface area (TPSA) is 69.4 Å². The fourth-order valence-electron chi connectivity index (χ4n) is 3.05. The maximum atomic E-state index is 6.22. The Morgan fingerprint density at radius 3 is 3.19 bits per heavy atom. The number of fused-ring (bicyclic) bond motifs is 3. The average molecular weight is 305 g/mol. The summed E-state index contributed by atoms with van der Waals surface area (Å²) in [4.78, 5) is 4.75. The van der Waals surface area contributed by atoms with Gasteiger partial charge in [-0.1, -0.05) is 11.3 Å². The third-order valence-corrected chi connectivity index (χ3v) is 5.17. The van der Waals surface area contributed by atoms with E-state index in [1.54, 1.807) is 11.3 Å². The molecule has 3 atom stereocenters. The normalized spacial score (nSPS) is 28.4. The lowest BCUT2D eigenvalue weighted by Crippen LogP contribution is -2.49. The van der Waals surface area contributed by atoms with Crippen LogP contribution in [0.3, 0.4) is 0 Å². The van der Waals surface area contributed by atoms with Gasteiger partial charge >= 0.3 is 0 Å². The summed E-state index contributed by atoms with van der Waals surface area (Å²) in [5.41, 5.74) is 8.51. The van der Waals surface area contributed by atoms with Gasteiger partial charge in [0, 0.05) is 18.0 Å². The fourth-order valence-corrected chi connectivity index (χ4v) is 4.00. The number of rotatable bonds is 2. The summed E-state index contributed by atoms with van der Waals surface area (Å²) in [6.45, 7) is 3.46. The zero-order valence-corrected chi connectivity index (χ0v) is 12.8. The van der Waals surface area contributed by atoms with Crippen LogP contribution < -0.4 is 15.8 Å². The molecule has 3 N–H and O–H groups in total. The number of hydrogen-bond donors (Lipinski definition) is 2. The summed E-state index contributed by atoms with van der Waals surface area (Å²) in [5, 5.41) is 4.37. The molecule has 0 radical (unpaired) electrons. The van der Waals surface area contributed by atoms with Crippen LogP contribution in [0.2, 0.25) is 0 Å². The van der Waals surface area contributed by atoms with Crippen molar-refractivity contribution in [2.45, 2.75) is 38.0 Å². The van der Waals surface area contributed by atoms with Crippen LogP contribution in [-0.4, -0.2) is 36.4 Å². The summed E-state index contributed by atoms with van der Waals surface area (Å²) >= 11 is 1.67. The van der Waals surface area contributed by atoms with E-state index in [4.69, 9.17) is 20.2 Å². The van der Waals surface area contributed by atoms with Crippen LogP contribution in [0.1, 0.15) is 18.9 Å². The van der Waals surface area contributed by atoms with Crippen molar-refractivity contribution in [3.8, 4) is 5.75 Å². The highest BCUT2D eigenvalue weighted by molar-refractivity contribution is 7.22. The maximum absolute atomic E-state index is 6.22. The molecule has 4 rings (SSSR count). The Kier molecular flexibility index (Phi) is 3.24. The summed E-state index contributed by atoms with van der Waals surface area (Å²) in [6.07, 6.45) is 2.07. The van der Waals surface area contributed by atoms with E-state index in [0.29, 0.717) is 6.61 Å². The molecule has 112 valence electrons. The highest BCUT2D eigenvalue weighted by atomic mass is 32.1. The largest absolute Gasteiger partial charge is 0.493 e. The summed E-state index contributed by atoms with van der Waals surface area (Å²) in [7, 11) is 0. The van der Waals surface area contributed by atoms with Crippen molar-refractivity contribution in [1.29, 1.82) is 0 Å². The number of aromatic nitrogens is 1. The van der Waals surface area contributed by atoms with Gasteiger partial charge in [-0.25, -0.2) is 4.98 Å². The summed E-state index contributed by atoms with van der Waals surface area (Å²) in [5.74, 6) is 0.978. The predicted octanol–water partition coefficient (Wildman–Crippen LogP) is 2.15. The lowest BCUT2D eigenvalue weighted by atomic mass is 10.0. The van der Waals surface area contributed by atoms with E-state index in [1.165, 1.54) is 10.3 Å². The number of benzene rings is 1. The summed E-state index contributed by atoms with van der Waals surface area (Å²) in [6, 6.07) is 4.37. The highest BCUT2D eigenvalue weighted by Crippen LogP contribution is 2.36. The lowest BCUT2D eigenvalue weighted by molar-refractivity contribution is 0.0125. The number of ether oxygens (including phenoxy) is 2. The van der Waals surface area contributed by atoms with Gasteiger partial charge in [0.05, 0.1) is 35.6 Å². The molecule has 5 nitrogen and oxygen atoms in total. The number of nitrogens with two attached hydrogens (primary N) is 1. The standard InChI is InChI=1S/C15H19N3O2S/c1-8-6-10(16)11(7-20-8)17-15-18-14-9-4-5-19-12(9)2-3-13(14)21-15/h2-3,8,10-11H,4-7,16H2,1H3,(H,17,18)/t8-,10+,11-/m0/s1. The Morgan fingerprint density at radius 1 is 1.43 bits per heavy atom. The van der Waals surface area contributed by atoms with Gasteiger partial charge in [0.25, 0.3) is 0 Å². The molecule has 1 saturated heterocycles. The van der Waals surface area contributed by atoms with Crippen molar-refractivity contribution >= 4 is 26.7 Å². The second-order valence-electron chi connectivity index (χ2n) is 5.80. The molecule has 0 aliphatic carbocycles. The van der Waals surface area contributed by atoms with Crippen molar-refractivity contribution in [2.75, 3.05) is 18.5 Å². The van der Waals surface area contributed by atoms with Gasteiger partial charge in [0.15, 0.2) is 5.13 Å². The van der Waals surface area contributed by atoms with Gasteiger partial charge in [-0.2, -0.15) is 0 Å². The minimum absolute atomic E-state index is 0.106. The maximum Gasteiger partial charge on any atom is 0.184 e. The van der Waals surface area contributed by atoms with Crippen LogP contribution in [-0.2, 0) is 11.2 Å². The highest BCUT2D eigenvalue weighted by Gasteiger charge is 2.27. The van der Waals surface area contributed by atoms with Gasteiger partial charge in [-0.15, -0.1) is 0 Å². The molecule has 6 heteroatoms. The van der Waals surface area contributed by atoms with Gasteiger partial charge in [0.1, 0.15) is 5.75 Å². The first-order valence-electron chi connectivity index (χ1n) is 7.39.